The Bertz CT molecular complexity index is 697. The van der Waals surface area contributed by atoms with Crippen LogP contribution in [0.15, 0.2) is 51.4 Å². The number of rotatable bonds is 16. The van der Waals surface area contributed by atoms with E-state index in [-0.39, 0.29) is 0 Å². The number of benzene rings is 2. The van der Waals surface area contributed by atoms with Crippen molar-refractivity contribution in [3.8, 4) is 11.5 Å². The zero-order chi connectivity index (χ0) is 21.4. The number of halogens is 2. The lowest BCUT2D eigenvalue weighted by molar-refractivity contribution is 0.481. The Hall–Kier alpha value is -0.800. The molecule has 0 saturated carbocycles. The van der Waals surface area contributed by atoms with Gasteiger partial charge < -0.3 is 4.74 Å². The number of unbranched alkanes of at least 4 members (excludes halogenated alkanes) is 12. The van der Waals surface area contributed by atoms with Crippen molar-refractivity contribution < 1.29 is 4.74 Å². The first-order chi connectivity index (χ1) is 14.7. The molecule has 0 radical (unpaired) electrons. The highest BCUT2D eigenvalue weighted by Crippen LogP contribution is 2.28. The van der Waals surface area contributed by atoms with E-state index < -0.39 is 0 Å². The van der Waals surface area contributed by atoms with E-state index in [1.54, 1.807) is 0 Å². The van der Waals surface area contributed by atoms with E-state index >= 15 is 0 Å². The quantitative estimate of drug-likeness (QED) is 0.193. The van der Waals surface area contributed by atoms with E-state index in [0.717, 1.165) is 22.4 Å². The Kier molecular flexibility index (Phi) is 13.5. The molecule has 0 atom stereocenters. The predicted molar refractivity (Wildman–Crippen MR) is 138 cm³/mol. The molecule has 1 nitrogen and oxygen atoms in total. The minimum Gasteiger partial charge on any atom is -0.457 e. The van der Waals surface area contributed by atoms with Gasteiger partial charge in [-0.05, 0) is 60.9 Å². The number of ether oxygens (including phenoxy) is 1. The fourth-order valence-electron chi connectivity index (χ4n) is 3.78. The molecule has 0 saturated heterocycles. The molecule has 0 fully saturated rings. The van der Waals surface area contributed by atoms with Crippen LogP contribution < -0.4 is 4.74 Å². The summed E-state index contributed by atoms with van der Waals surface area (Å²) in [6.07, 6.45) is 19.2. The summed E-state index contributed by atoms with van der Waals surface area (Å²) in [6, 6.07) is 14.3. The summed E-state index contributed by atoms with van der Waals surface area (Å²) >= 11 is 7.16. The molecule has 0 spiro atoms. The highest BCUT2D eigenvalue weighted by molar-refractivity contribution is 9.10. The van der Waals surface area contributed by atoms with Crippen molar-refractivity contribution >= 4 is 31.9 Å². The van der Waals surface area contributed by atoms with E-state index in [9.17, 15) is 0 Å². The van der Waals surface area contributed by atoms with Gasteiger partial charge >= 0.3 is 0 Å². The van der Waals surface area contributed by atoms with Crippen molar-refractivity contribution in [1.29, 1.82) is 0 Å². The van der Waals surface area contributed by atoms with Crippen molar-refractivity contribution in [3.05, 3.63) is 57.0 Å². The van der Waals surface area contributed by atoms with Gasteiger partial charge in [0.15, 0.2) is 0 Å². The summed E-state index contributed by atoms with van der Waals surface area (Å²) in [6.45, 7) is 2.29. The maximum atomic E-state index is 6.01. The lowest BCUT2D eigenvalue weighted by Crippen LogP contribution is -1.91. The summed E-state index contributed by atoms with van der Waals surface area (Å²) in [5.74, 6) is 1.78. The summed E-state index contributed by atoms with van der Waals surface area (Å²) in [5.41, 5.74) is 1.34. The van der Waals surface area contributed by atoms with Crippen LogP contribution in [0.2, 0.25) is 0 Å². The molecule has 0 bridgehead atoms. The summed E-state index contributed by atoms with van der Waals surface area (Å²) in [7, 11) is 0. The van der Waals surface area contributed by atoms with Crippen molar-refractivity contribution in [2.75, 3.05) is 0 Å². The second-order valence-corrected chi connectivity index (χ2v) is 10.1. The van der Waals surface area contributed by atoms with E-state index in [4.69, 9.17) is 4.74 Å². The molecule has 166 valence electrons. The molecule has 0 amide bonds. The Morgan fingerprint density at radius 2 is 1.10 bits per heavy atom. The molecule has 0 heterocycles. The van der Waals surface area contributed by atoms with Crippen LogP contribution in [0.4, 0.5) is 0 Å². The smallest absolute Gasteiger partial charge is 0.127 e. The zero-order valence-electron chi connectivity index (χ0n) is 18.6. The molecule has 0 aliphatic heterocycles. The maximum Gasteiger partial charge on any atom is 0.127 e. The highest BCUT2D eigenvalue weighted by Gasteiger charge is 2.04. The van der Waals surface area contributed by atoms with Gasteiger partial charge in [0, 0.05) is 8.95 Å². The van der Waals surface area contributed by atoms with Crippen LogP contribution in [-0.4, -0.2) is 0 Å². The fraction of sp³-hybridized carbons (Fsp3) is 0.556. The Morgan fingerprint density at radius 1 is 0.600 bits per heavy atom. The van der Waals surface area contributed by atoms with E-state index in [1.807, 2.05) is 30.3 Å². The van der Waals surface area contributed by atoms with Crippen molar-refractivity contribution in [2.45, 2.75) is 96.8 Å². The van der Waals surface area contributed by atoms with Crippen molar-refractivity contribution in [1.82, 2.24) is 0 Å². The summed E-state index contributed by atoms with van der Waals surface area (Å²) in [5, 5.41) is 0. The van der Waals surface area contributed by atoms with E-state index in [2.05, 4.69) is 50.9 Å². The Labute approximate surface area is 201 Å². The minimum absolute atomic E-state index is 0.868. The van der Waals surface area contributed by atoms with Gasteiger partial charge in [0.05, 0.1) is 0 Å². The lowest BCUT2D eigenvalue weighted by Gasteiger charge is -2.10. The van der Waals surface area contributed by atoms with Crippen LogP contribution in [0.5, 0.6) is 11.5 Å². The predicted octanol–water partition coefficient (Wildman–Crippen LogP) is 10.6. The first kappa shape index (κ1) is 25.5. The van der Waals surface area contributed by atoms with Crippen LogP contribution in [0.25, 0.3) is 0 Å². The van der Waals surface area contributed by atoms with Crippen LogP contribution in [0.3, 0.4) is 0 Å². The maximum absolute atomic E-state index is 6.01. The van der Waals surface area contributed by atoms with Gasteiger partial charge in [-0.25, -0.2) is 0 Å². The molecular formula is C27H38Br2O. The first-order valence-corrected chi connectivity index (χ1v) is 13.5. The largest absolute Gasteiger partial charge is 0.457 e. The van der Waals surface area contributed by atoms with Gasteiger partial charge in [-0.15, -0.1) is 0 Å². The second-order valence-electron chi connectivity index (χ2n) is 8.30. The number of hydrogen-bond acceptors (Lipinski definition) is 1. The molecule has 2 rings (SSSR count). The molecule has 0 N–H and O–H groups in total. The molecule has 3 heteroatoms. The standard InChI is InChI=1S/C27H38Br2O/c1-2-3-4-5-6-7-8-9-10-11-12-13-14-15-23-22-26(20-21-27(23)29)30-25-18-16-24(28)17-19-25/h16-22H,2-15H2,1H3. The molecule has 30 heavy (non-hydrogen) atoms. The molecular weight excluding hydrogens is 500 g/mol. The molecule has 2 aromatic rings. The molecule has 2 aromatic carbocycles. The normalized spacial score (nSPS) is 11.0. The summed E-state index contributed by atoms with van der Waals surface area (Å²) < 4.78 is 8.25. The molecule has 0 unspecified atom stereocenters. The van der Waals surface area contributed by atoms with Crippen molar-refractivity contribution in [3.63, 3.8) is 0 Å². The summed E-state index contributed by atoms with van der Waals surface area (Å²) in [4.78, 5) is 0. The molecule has 0 aliphatic carbocycles. The highest BCUT2D eigenvalue weighted by atomic mass is 79.9. The topological polar surface area (TPSA) is 9.23 Å². The third-order valence-electron chi connectivity index (χ3n) is 5.62. The molecule has 0 aliphatic rings. The van der Waals surface area contributed by atoms with Gasteiger partial charge in [0.25, 0.3) is 0 Å². The zero-order valence-corrected chi connectivity index (χ0v) is 21.8. The third kappa shape index (κ3) is 11.0. The van der Waals surface area contributed by atoms with E-state index in [0.29, 0.717) is 0 Å². The SMILES string of the molecule is CCCCCCCCCCCCCCCc1cc(Oc2ccc(Br)cc2)ccc1Br. The van der Waals surface area contributed by atoms with Gasteiger partial charge in [-0.2, -0.15) is 0 Å². The average molecular weight is 538 g/mol. The second kappa shape index (κ2) is 15.9. The van der Waals surface area contributed by atoms with E-state index in [1.165, 1.54) is 93.5 Å². The van der Waals surface area contributed by atoms with Crippen LogP contribution in [-0.2, 0) is 6.42 Å². The molecule has 0 aromatic heterocycles. The number of aryl methyl sites for hydroxylation is 1. The van der Waals surface area contributed by atoms with Crippen molar-refractivity contribution in [2.24, 2.45) is 0 Å². The lowest BCUT2D eigenvalue weighted by atomic mass is 10.0. The van der Waals surface area contributed by atoms with Crippen LogP contribution >= 0.6 is 31.9 Å². The fourth-order valence-corrected chi connectivity index (χ4v) is 4.49. The Morgan fingerprint density at radius 3 is 1.67 bits per heavy atom. The Balaban J connectivity index is 1.56. The average Bonchev–Trinajstić information content (AvgIpc) is 2.75. The third-order valence-corrected chi connectivity index (χ3v) is 6.92. The van der Waals surface area contributed by atoms with Gasteiger partial charge in [0.1, 0.15) is 11.5 Å². The first-order valence-electron chi connectivity index (χ1n) is 11.9. The minimum atomic E-state index is 0.868. The van der Waals surface area contributed by atoms with Gasteiger partial charge in [-0.1, -0.05) is 116 Å². The van der Waals surface area contributed by atoms with Crippen LogP contribution in [0, 0.1) is 0 Å². The number of hydrogen-bond donors (Lipinski definition) is 0. The van der Waals surface area contributed by atoms with Gasteiger partial charge in [-0.3, -0.25) is 0 Å². The van der Waals surface area contributed by atoms with Crippen LogP contribution in [0.1, 0.15) is 96.0 Å². The van der Waals surface area contributed by atoms with Gasteiger partial charge in [0.2, 0.25) is 0 Å². The monoisotopic (exact) mass is 536 g/mol.